The Kier molecular flexibility index (Phi) is 14.5. The molecule has 200 valence electrons. The standard InChI is InChI=1S/C32H50N2O2/c1-6-9-24-34(25-15-21-29-18-14-13-17-28(29)8-3)27(5)31(16-7-2)36-26(4)22-23-33-32(35)30-19-11-10-12-20-30/h10-14,17-20,26-27,31H,6-9,15-16,21-25H2,1-5H3,(H,33,35)/t26-,27?,31?/m1/s1. The fourth-order valence-electron chi connectivity index (χ4n) is 4.89. The SMILES string of the molecule is CCCCN(CCCc1ccccc1CC)C(C)C(CCC)O[C@H](C)CCNC(=O)c1ccccc1. The van der Waals surface area contributed by atoms with Crippen LogP contribution in [0, 0.1) is 0 Å². The summed E-state index contributed by atoms with van der Waals surface area (Å²) in [6.45, 7) is 14.1. The number of rotatable bonds is 18. The van der Waals surface area contributed by atoms with Gasteiger partial charge in [0.2, 0.25) is 0 Å². The molecule has 2 unspecified atom stereocenters. The molecule has 1 amide bonds. The van der Waals surface area contributed by atoms with E-state index in [1.807, 2.05) is 30.3 Å². The molecule has 0 bridgehead atoms. The van der Waals surface area contributed by atoms with Gasteiger partial charge in [0, 0.05) is 18.2 Å². The Bertz CT molecular complexity index is 854. The van der Waals surface area contributed by atoms with Crippen LogP contribution in [-0.4, -0.2) is 48.7 Å². The average molecular weight is 495 g/mol. The third-order valence-electron chi connectivity index (χ3n) is 7.16. The number of hydrogen-bond acceptors (Lipinski definition) is 3. The van der Waals surface area contributed by atoms with Gasteiger partial charge in [-0.1, -0.05) is 76.1 Å². The molecule has 1 N–H and O–H groups in total. The molecule has 0 fully saturated rings. The van der Waals surface area contributed by atoms with Crippen LogP contribution in [0.15, 0.2) is 54.6 Å². The first kappa shape index (κ1) is 30.1. The Labute approximate surface area is 220 Å². The van der Waals surface area contributed by atoms with Gasteiger partial charge in [0.1, 0.15) is 0 Å². The van der Waals surface area contributed by atoms with E-state index in [1.165, 1.54) is 30.4 Å². The highest BCUT2D eigenvalue weighted by Crippen LogP contribution is 2.19. The quantitative estimate of drug-likeness (QED) is 0.241. The molecule has 0 aromatic heterocycles. The lowest BCUT2D eigenvalue weighted by atomic mass is 10.00. The van der Waals surface area contributed by atoms with Gasteiger partial charge in [-0.15, -0.1) is 0 Å². The van der Waals surface area contributed by atoms with Crippen molar-refractivity contribution in [2.75, 3.05) is 19.6 Å². The van der Waals surface area contributed by atoms with E-state index in [2.05, 4.69) is 69.1 Å². The molecule has 0 radical (unpaired) electrons. The summed E-state index contributed by atoms with van der Waals surface area (Å²) in [6.07, 6.45) is 9.12. The van der Waals surface area contributed by atoms with Crippen LogP contribution in [0.4, 0.5) is 0 Å². The fourth-order valence-corrected chi connectivity index (χ4v) is 4.89. The van der Waals surface area contributed by atoms with Gasteiger partial charge in [0.15, 0.2) is 0 Å². The summed E-state index contributed by atoms with van der Waals surface area (Å²) in [5.41, 5.74) is 3.68. The third kappa shape index (κ3) is 10.4. The molecular weight excluding hydrogens is 444 g/mol. The van der Waals surface area contributed by atoms with Gasteiger partial charge in [-0.25, -0.2) is 0 Å². The molecule has 0 spiro atoms. The topological polar surface area (TPSA) is 41.6 Å². The van der Waals surface area contributed by atoms with E-state index in [4.69, 9.17) is 4.74 Å². The number of carbonyl (C=O) groups excluding carboxylic acids is 1. The number of ether oxygens (including phenoxy) is 1. The van der Waals surface area contributed by atoms with E-state index in [9.17, 15) is 4.79 Å². The van der Waals surface area contributed by atoms with Crippen LogP contribution >= 0.6 is 0 Å². The van der Waals surface area contributed by atoms with E-state index in [0.717, 1.165) is 45.2 Å². The van der Waals surface area contributed by atoms with Crippen molar-refractivity contribution in [3.63, 3.8) is 0 Å². The molecule has 0 heterocycles. The van der Waals surface area contributed by atoms with Gasteiger partial charge in [-0.3, -0.25) is 9.69 Å². The van der Waals surface area contributed by atoms with E-state index < -0.39 is 0 Å². The lowest BCUT2D eigenvalue weighted by Crippen LogP contribution is -2.45. The minimum atomic E-state index is -0.0170. The van der Waals surface area contributed by atoms with Crippen LogP contribution in [0.5, 0.6) is 0 Å². The maximum Gasteiger partial charge on any atom is 0.251 e. The van der Waals surface area contributed by atoms with Crippen molar-refractivity contribution in [3.05, 3.63) is 71.3 Å². The molecule has 2 aromatic rings. The van der Waals surface area contributed by atoms with Gasteiger partial charge in [-0.05, 0) is 88.7 Å². The van der Waals surface area contributed by atoms with Gasteiger partial charge in [0.05, 0.1) is 12.2 Å². The predicted molar refractivity (Wildman–Crippen MR) is 153 cm³/mol. The Morgan fingerprint density at radius 1 is 0.861 bits per heavy atom. The Hall–Kier alpha value is -2.17. The minimum absolute atomic E-state index is 0.0170. The number of amides is 1. The van der Waals surface area contributed by atoms with E-state index in [1.54, 1.807) is 0 Å². The zero-order valence-corrected chi connectivity index (χ0v) is 23.5. The number of carbonyl (C=O) groups is 1. The number of unbranched alkanes of at least 4 members (excludes halogenated alkanes) is 1. The van der Waals surface area contributed by atoms with Gasteiger partial charge in [-0.2, -0.15) is 0 Å². The van der Waals surface area contributed by atoms with Crippen LogP contribution in [0.25, 0.3) is 0 Å². The molecule has 0 saturated carbocycles. The van der Waals surface area contributed by atoms with Crippen LogP contribution in [0.1, 0.15) is 94.6 Å². The first-order valence-corrected chi connectivity index (χ1v) is 14.3. The van der Waals surface area contributed by atoms with Crippen LogP contribution in [0.3, 0.4) is 0 Å². The van der Waals surface area contributed by atoms with Crippen molar-refractivity contribution < 1.29 is 9.53 Å². The summed E-state index contributed by atoms with van der Waals surface area (Å²) >= 11 is 0. The van der Waals surface area contributed by atoms with E-state index in [0.29, 0.717) is 18.2 Å². The maximum atomic E-state index is 12.3. The predicted octanol–water partition coefficient (Wildman–Crippen LogP) is 7.07. The number of benzene rings is 2. The number of nitrogens with one attached hydrogen (secondary N) is 1. The largest absolute Gasteiger partial charge is 0.374 e. The maximum absolute atomic E-state index is 12.3. The molecule has 0 aliphatic carbocycles. The summed E-state index contributed by atoms with van der Waals surface area (Å²) in [6, 6.07) is 18.7. The van der Waals surface area contributed by atoms with Crippen molar-refractivity contribution in [1.82, 2.24) is 10.2 Å². The molecule has 0 aliphatic heterocycles. The van der Waals surface area contributed by atoms with Crippen molar-refractivity contribution in [2.45, 2.75) is 104 Å². The van der Waals surface area contributed by atoms with Crippen molar-refractivity contribution in [2.24, 2.45) is 0 Å². The minimum Gasteiger partial charge on any atom is -0.374 e. The van der Waals surface area contributed by atoms with Crippen LogP contribution < -0.4 is 5.32 Å². The lowest BCUT2D eigenvalue weighted by Gasteiger charge is -2.36. The lowest BCUT2D eigenvalue weighted by molar-refractivity contribution is -0.0543. The summed E-state index contributed by atoms with van der Waals surface area (Å²) in [5, 5.41) is 3.04. The fraction of sp³-hybridized carbons (Fsp3) is 0.594. The van der Waals surface area contributed by atoms with Crippen molar-refractivity contribution in [3.8, 4) is 0 Å². The summed E-state index contributed by atoms with van der Waals surface area (Å²) in [4.78, 5) is 15.0. The zero-order chi connectivity index (χ0) is 26.2. The molecule has 36 heavy (non-hydrogen) atoms. The normalized spacial score (nSPS) is 13.9. The third-order valence-corrected chi connectivity index (χ3v) is 7.16. The average Bonchev–Trinajstić information content (AvgIpc) is 2.90. The molecule has 0 aliphatic rings. The van der Waals surface area contributed by atoms with Gasteiger partial charge < -0.3 is 10.1 Å². The second-order valence-electron chi connectivity index (χ2n) is 10.0. The van der Waals surface area contributed by atoms with Crippen molar-refractivity contribution >= 4 is 5.91 Å². The smallest absolute Gasteiger partial charge is 0.251 e. The molecule has 2 aromatic carbocycles. The second kappa shape index (κ2) is 17.3. The molecule has 3 atom stereocenters. The molecular formula is C32H50N2O2. The van der Waals surface area contributed by atoms with Crippen LogP contribution in [-0.2, 0) is 17.6 Å². The first-order chi connectivity index (χ1) is 17.5. The van der Waals surface area contributed by atoms with Crippen LogP contribution in [0.2, 0.25) is 0 Å². The molecule has 2 rings (SSSR count). The second-order valence-corrected chi connectivity index (χ2v) is 10.0. The van der Waals surface area contributed by atoms with Gasteiger partial charge in [0.25, 0.3) is 5.91 Å². The zero-order valence-electron chi connectivity index (χ0n) is 23.5. The monoisotopic (exact) mass is 494 g/mol. The number of nitrogens with zero attached hydrogens (tertiary/aromatic N) is 1. The highest BCUT2D eigenvalue weighted by molar-refractivity contribution is 5.94. The first-order valence-electron chi connectivity index (χ1n) is 14.3. The van der Waals surface area contributed by atoms with Crippen molar-refractivity contribution in [1.29, 1.82) is 0 Å². The number of aryl methyl sites for hydroxylation is 2. The van der Waals surface area contributed by atoms with E-state index >= 15 is 0 Å². The molecule has 0 saturated heterocycles. The Morgan fingerprint density at radius 3 is 2.19 bits per heavy atom. The van der Waals surface area contributed by atoms with Gasteiger partial charge >= 0.3 is 0 Å². The highest BCUT2D eigenvalue weighted by Gasteiger charge is 2.25. The summed E-state index contributed by atoms with van der Waals surface area (Å²) in [5.74, 6) is -0.0170. The number of hydrogen-bond donors (Lipinski definition) is 1. The molecule has 4 heteroatoms. The Balaban J connectivity index is 1.89. The molecule has 4 nitrogen and oxygen atoms in total. The van der Waals surface area contributed by atoms with E-state index in [-0.39, 0.29) is 18.1 Å². The summed E-state index contributed by atoms with van der Waals surface area (Å²) in [7, 11) is 0. The summed E-state index contributed by atoms with van der Waals surface area (Å²) < 4.78 is 6.61. The Morgan fingerprint density at radius 2 is 1.53 bits per heavy atom. The highest BCUT2D eigenvalue weighted by atomic mass is 16.5.